The van der Waals surface area contributed by atoms with E-state index in [4.69, 9.17) is 9.47 Å². The van der Waals surface area contributed by atoms with Crippen LogP contribution in [0.15, 0.2) is 0 Å². The largest absolute Gasteiger partial charge is 0.393 e. The van der Waals surface area contributed by atoms with E-state index in [1.807, 2.05) is 13.8 Å². The van der Waals surface area contributed by atoms with E-state index in [1.54, 1.807) is 0 Å². The second-order valence-corrected chi connectivity index (χ2v) is 13.6. The van der Waals surface area contributed by atoms with Gasteiger partial charge in [-0.25, -0.2) is 0 Å². The van der Waals surface area contributed by atoms with Crippen LogP contribution in [0.3, 0.4) is 0 Å². The highest BCUT2D eigenvalue weighted by Gasteiger charge is 2.72. The van der Waals surface area contributed by atoms with Gasteiger partial charge < -0.3 is 35.0 Å². The van der Waals surface area contributed by atoms with Crippen molar-refractivity contribution in [3.63, 3.8) is 0 Å². The van der Waals surface area contributed by atoms with Gasteiger partial charge >= 0.3 is 0 Å². The maximum Gasteiger partial charge on any atom is 0.174 e. The highest BCUT2D eigenvalue weighted by molar-refractivity contribution is 5.20. The summed E-state index contributed by atoms with van der Waals surface area (Å²) in [5, 5.41) is 54.4. The maximum absolute atomic E-state index is 11.7. The Morgan fingerprint density at radius 3 is 2.26 bits per heavy atom. The van der Waals surface area contributed by atoms with Crippen LogP contribution in [0.25, 0.3) is 0 Å². The van der Waals surface area contributed by atoms with Crippen molar-refractivity contribution in [2.24, 2.45) is 46.3 Å². The lowest BCUT2D eigenvalue weighted by Gasteiger charge is -2.66. The quantitative estimate of drug-likeness (QED) is 0.359. The number of aliphatic hydroxyl groups excluding tert-OH is 4. The molecule has 7 heteroatoms. The molecule has 5 N–H and O–H groups in total. The van der Waals surface area contributed by atoms with Crippen LogP contribution >= 0.6 is 0 Å². The lowest BCUT2D eigenvalue weighted by Crippen LogP contribution is -2.70. The first-order valence-electron chi connectivity index (χ1n) is 13.6. The van der Waals surface area contributed by atoms with Crippen molar-refractivity contribution in [2.75, 3.05) is 6.61 Å². The molecule has 194 valence electrons. The third-order valence-electron chi connectivity index (χ3n) is 12.3. The Kier molecular flexibility index (Phi) is 5.24. The Labute approximate surface area is 202 Å². The molecule has 2 saturated heterocycles. The second-order valence-electron chi connectivity index (χ2n) is 13.6. The fourth-order valence-corrected chi connectivity index (χ4v) is 10.3. The van der Waals surface area contributed by atoms with E-state index in [0.717, 1.165) is 19.3 Å². The molecule has 7 nitrogen and oxygen atoms in total. The van der Waals surface area contributed by atoms with Gasteiger partial charge in [-0.2, -0.15) is 0 Å². The topological polar surface area (TPSA) is 120 Å². The molecule has 6 aliphatic rings. The molecule has 0 aromatic carbocycles. The first kappa shape index (κ1) is 24.1. The maximum atomic E-state index is 11.7. The predicted octanol–water partition coefficient (Wildman–Crippen LogP) is 1.82. The molecule has 3 unspecified atom stereocenters. The highest BCUT2D eigenvalue weighted by Crippen LogP contribution is 2.71. The monoisotopic (exact) mass is 480 g/mol. The van der Waals surface area contributed by atoms with E-state index in [1.165, 1.54) is 0 Å². The zero-order chi connectivity index (χ0) is 24.4. The van der Waals surface area contributed by atoms with Crippen molar-refractivity contribution in [3.05, 3.63) is 0 Å². The van der Waals surface area contributed by atoms with Crippen LogP contribution < -0.4 is 0 Å². The van der Waals surface area contributed by atoms with Crippen LogP contribution in [0.4, 0.5) is 0 Å². The molecule has 0 aromatic rings. The van der Waals surface area contributed by atoms with Crippen LogP contribution in [0.1, 0.15) is 72.6 Å². The molecule has 2 heterocycles. The minimum atomic E-state index is -1.37. The van der Waals surface area contributed by atoms with E-state index in [2.05, 4.69) is 13.8 Å². The SMILES string of the molecule is CC1C2C(C[C@H]3[C@@H]4C[C@@H](O)[C@@]5(O)C[C@@H](O)[C@H](O)C[C@]5(C)[C@H]4CC[C@]23C)O[C@]12C[C@H](O)[C@@H](C)CO2. The average Bonchev–Trinajstić information content (AvgIpc) is 3.20. The number of hydrogen-bond donors (Lipinski definition) is 5. The summed E-state index contributed by atoms with van der Waals surface area (Å²) < 4.78 is 13.0. The summed E-state index contributed by atoms with van der Waals surface area (Å²) in [4.78, 5) is 0. The van der Waals surface area contributed by atoms with Crippen molar-refractivity contribution in [1.29, 1.82) is 0 Å². The van der Waals surface area contributed by atoms with Gasteiger partial charge in [0.05, 0.1) is 42.7 Å². The Morgan fingerprint density at radius 1 is 0.853 bits per heavy atom. The number of rotatable bonds is 0. The van der Waals surface area contributed by atoms with E-state index in [9.17, 15) is 25.5 Å². The molecule has 4 saturated carbocycles. The lowest BCUT2D eigenvalue weighted by molar-refractivity contribution is -0.295. The molecule has 6 fully saturated rings. The first-order valence-corrected chi connectivity index (χ1v) is 13.6. The Bertz CT molecular complexity index is 838. The molecule has 0 aromatic heterocycles. The van der Waals surface area contributed by atoms with Gasteiger partial charge in [-0.15, -0.1) is 0 Å². The first-order chi connectivity index (χ1) is 15.9. The van der Waals surface area contributed by atoms with Crippen molar-refractivity contribution in [1.82, 2.24) is 0 Å². The lowest BCUT2D eigenvalue weighted by atomic mass is 9.42. The summed E-state index contributed by atoms with van der Waals surface area (Å²) in [6.45, 7) is 9.21. The Morgan fingerprint density at radius 2 is 1.56 bits per heavy atom. The van der Waals surface area contributed by atoms with Crippen molar-refractivity contribution in [2.45, 2.75) is 115 Å². The van der Waals surface area contributed by atoms with Crippen LogP contribution in [0, 0.1) is 46.3 Å². The molecule has 15 atom stereocenters. The summed E-state index contributed by atoms with van der Waals surface area (Å²) in [6, 6.07) is 0. The van der Waals surface area contributed by atoms with Crippen LogP contribution in [0.5, 0.6) is 0 Å². The fraction of sp³-hybridized carbons (Fsp3) is 1.00. The molecule has 2 aliphatic heterocycles. The molecule has 34 heavy (non-hydrogen) atoms. The molecule has 0 radical (unpaired) electrons. The van der Waals surface area contributed by atoms with Gasteiger partial charge in [-0.05, 0) is 61.2 Å². The van der Waals surface area contributed by atoms with Gasteiger partial charge in [0, 0.05) is 30.1 Å². The van der Waals surface area contributed by atoms with Gasteiger partial charge in [0.25, 0.3) is 0 Å². The van der Waals surface area contributed by atoms with Gasteiger partial charge in [-0.3, -0.25) is 0 Å². The van der Waals surface area contributed by atoms with Gasteiger partial charge in [0.1, 0.15) is 0 Å². The normalized spacial score (nSPS) is 65.4. The third kappa shape index (κ3) is 2.84. The summed E-state index contributed by atoms with van der Waals surface area (Å²) >= 11 is 0. The number of fused-ring (bicyclic) bond motifs is 7. The molecular formula is C27H44O7. The molecule has 4 aliphatic carbocycles. The molecule has 1 spiro atoms. The zero-order valence-electron chi connectivity index (χ0n) is 21.1. The van der Waals surface area contributed by atoms with Crippen molar-refractivity contribution < 1.29 is 35.0 Å². The van der Waals surface area contributed by atoms with Gasteiger partial charge in [0.2, 0.25) is 0 Å². The summed E-state index contributed by atoms with van der Waals surface area (Å²) in [5.41, 5.74) is -1.95. The summed E-state index contributed by atoms with van der Waals surface area (Å²) in [5.74, 6) is 0.743. The van der Waals surface area contributed by atoms with Crippen molar-refractivity contribution in [3.8, 4) is 0 Å². The average molecular weight is 481 g/mol. The van der Waals surface area contributed by atoms with Gasteiger partial charge in [-0.1, -0.05) is 27.7 Å². The summed E-state index contributed by atoms with van der Waals surface area (Å²) in [7, 11) is 0. The van der Waals surface area contributed by atoms with E-state index >= 15 is 0 Å². The smallest absolute Gasteiger partial charge is 0.174 e. The Hall–Kier alpha value is -0.280. The number of ether oxygens (including phenoxy) is 2. The Balaban J connectivity index is 1.30. The van der Waals surface area contributed by atoms with Crippen LogP contribution in [-0.2, 0) is 9.47 Å². The van der Waals surface area contributed by atoms with Crippen LogP contribution in [-0.4, -0.2) is 74.0 Å². The van der Waals surface area contributed by atoms with Crippen molar-refractivity contribution >= 4 is 0 Å². The minimum absolute atomic E-state index is 0.0307. The van der Waals surface area contributed by atoms with E-state index < -0.39 is 41.2 Å². The number of hydrogen-bond acceptors (Lipinski definition) is 7. The molecule has 6 rings (SSSR count). The van der Waals surface area contributed by atoms with E-state index in [-0.39, 0.29) is 41.6 Å². The molecular weight excluding hydrogens is 436 g/mol. The summed E-state index contributed by atoms with van der Waals surface area (Å²) in [6.07, 6.45) is 1.17. The predicted molar refractivity (Wildman–Crippen MR) is 123 cm³/mol. The fourth-order valence-electron chi connectivity index (χ4n) is 10.3. The van der Waals surface area contributed by atoms with Gasteiger partial charge in [0.15, 0.2) is 5.79 Å². The molecule has 0 amide bonds. The minimum Gasteiger partial charge on any atom is -0.393 e. The standard InChI is InChI=1S/C27H44O7/c1-13-12-33-27(11-18(13)28)14(2)23-21(34-27)8-17-15-7-22(31)26(32)10-20(30)19(29)9-25(26,4)16(15)5-6-24(17,23)3/h13-23,28-32H,5-12H2,1-4H3/t13-,14?,15+,16-,17-,18-,19+,20+,21?,22+,23?,24-,25+,26-,27+/m0/s1. The zero-order valence-corrected chi connectivity index (χ0v) is 21.1. The number of aliphatic hydroxyl groups is 5. The molecule has 0 bridgehead atoms. The highest BCUT2D eigenvalue weighted by atomic mass is 16.7. The second kappa shape index (κ2) is 7.40. The van der Waals surface area contributed by atoms with E-state index in [0.29, 0.717) is 37.7 Å². The third-order valence-corrected chi connectivity index (χ3v) is 12.3. The van der Waals surface area contributed by atoms with Crippen LogP contribution in [0.2, 0.25) is 0 Å².